The van der Waals surface area contributed by atoms with Crippen LogP contribution in [0.15, 0.2) is 100 Å². The zero-order chi connectivity index (χ0) is 30.1. The summed E-state index contributed by atoms with van der Waals surface area (Å²) in [5.74, 6) is 0. The van der Waals surface area contributed by atoms with Crippen molar-refractivity contribution in [1.82, 2.24) is 0 Å². The van der Waals surface area contributed by atoms with Crippen LogP contribution in [0.25, 0.3) is 11.1 Å². The molecule has 0 unspecified atom stereocenters. The van der Waals surface area contributed by atoms with E-state index < -0.39 is 18.3 Å². The van der Waals surface area contributed by atoms with Gasteiger partial charge in [-0.2, -0.15) is 0 Å². The van der Waals surface area contributed by atoms with Crippen molar-refractivity contribution in [3.8, 4) is 11.1 Å². The second-order valence-corrected chi connectivity index (χ2v) is 27.9. The molecule has 0 fully saturated rings. The van der Waals surface area contributed by atoms with Crippen LogP contribution in [0.2, 0.25) is 0 Å². The molecule has 2 aliphatic carbocycles. The first-order chi connectivity index (χ1) is 19.7. The molecule has 0 aliphatic heterocycles. The molecule has 0 amide bonds. The zero-order valence-corrected chi connectivity index (χ0v) is 31.8. The van der Waals surface area contributed by atoms with Gasteiger partial charge in [0.1, 0.15) is 0 Å². The Kier molecular flexibility index (Phi) is 9.27. The standard InChI is InChI=1S/C15H13.2C10H13.C5H5.CH2.2ClH.Zr/c1-10-3-5-14-12(7-10)9-13-8-11(2)4-6-15(13)14;2*1-10(2,3)9-7-5-4-6-8-9;1-2-4-5-3-1;;;;/h3-7H,9H2,1-2H3;2*5-8H,1-3H3;1-3H,4H2;1H2;2*1H;. The molecule has 0 heterocycles. The number of aryl methyl sites for hydroxylation is 2. The fourth-order valence-electron chi connectivity index (χ4n) is 7.81. The van der Waals surface area contributed by atoms with Gasteiger partial charge < -0.3 is 0 Å². The third-order valence-corrected chi connectivity index (χ3v) is 27.0. The Bertz CT molecular complexity index is 1780. The van der Waals surface area contributed by atoms with E-state index in [4.69, 9.17) is 4.21 Å². The molecule has 0 atom stereocenters. The van der Waals surface area contributed by atoms with Gasteiger partial charge in [0.15, 0.2) is 0 Å². The van der Waals surface area contributed by atoms with Gasteiger partial charge in [0.2, 0.25) is 0 Å². The summed E-state index contributed by atoms with van der Waals surface area (Å²) >= 11 is -4.75. The Morgan fingerprint density at radius 3 is 1.66 bits per heavy atom. The molecule has 2 aliphatic rings. The second kappa shape index (κ2) is 11.8. The van der Waals surface area contributed by atoms with Crippen LogP contribution < -0.4 is 9.81 Å². The summed E-state index contributed by atoms with van der Waals surface area (Å²) in [7, 11) is 0. The molecule has 4 aromatic rings. The number of halogens is 2. The fraction of sp³-hybridized carbons (Fsp3) is 0.293. The van der Waals surface area contributed by atoms with Crippen molar-refractivity contribution < 1.29 is 18.3 Å². The van der Waals surface area contributed by atoms with E-state index in [0.717, 1.165) is 12.8 Å². The van der Waals surface area contributed by atoms with Gasteiger partial charge in [-0.05, 0) is 0 Å². The van der Waals surface area contributed by atoms with Gasteiger partial charge in [-0.1, -0.05) is 0 Å². The molecule has 0 nitrogen and oxygen atoms in total. The van der Waals surface area contributed by atoms with Crippen LogP contribution in [-0.2, 0) is 35.5 Å². The predicted molar refractivity (Wildman–Crippen MR) is 197 cm³/mol. The van der Waals surface area contributed by atoms with Crippen molar-refractivity contribution in [3.05, 3.63) is 134 Å². The van der Waals surface area contributed by atoms with Gasteiger partial charge in [0.25, 0.3) is 0 Å². The fourth-order valence-corrected chi connectivity index (χ4v) is 24.2. The Morgan fingerprint density at radius 1 is 0.659 bits per heavy atom. The van der Waals surface area contributed by atoms with Crippen LogP contribution in [0, 0.1) is 13.8 Å². The maximum atomic E-state index is 5.70. The molecule has 6 rings (SSSR count). The van der Waals surface area contributed by atoms with Gasteiger partial charge in [0, 0.05) is 0 Å². The molecule has 44 heavy (non-hydrogen) atoms. The summed E-state index contributed by atoms with van der Waals surface area (Å²) in [6.07, 6.45) is 8.99. The van der Waals surface area contributed by atoms with E-state index in [9.17, 15) is 0 Å². The third kappa shape index (κ3) is 5.22. The second-order valence-electron chi connectivity index (χ2n) is 15.1. The Balaban J connectivity index is 0.00000221. The first kappa shape index (κ1) is 34.6. The topological polar surface area (TPSA) is 0 Å². The summed E-state index contributed by atoms with van der Waals surface area (Å²) in [5.41, 5.74) is 11.4. The van der Waals surface area contributed by atoms with Gasteiger partial charge in [-0.25, -0.2) is 0 Å². The predicted octanol–water partition coefficient (Wildman–Crippen LogP) is 9.55. The molecule has 0 saturated heterocycles. The molecular formula is C41H48Cl2Zr. The number of allylic oxidation sites excluding steroid dienone is 4. The molecule has 0 aromatic heterocycles. The molecule has 230 valence electrons. The number of hydrogen-bond donors (Lipinski definition) is 0. The van der Waals surface area contributed by atoms with Crippen molar-refractivity contribution in [2.24, 2.45) is 0 Å². The first-order valence-corrected chi connectivity index (χ1v) is 22.2. The number of hydrogen-bond acceptors (Lipinski definition) is 0. The Hall–Kier alpha value is -2.31. The summed E-state index contributed by atoms with van der Waals surface area (Å²) in [4.78, 5) is 0. The van der Waals surface area contributed by atoms with Crippen LogP contribution in [0.5, 0.6) is 0 Å². The summed E-state index contributed by atoms with van der Waals surface area (Å²) < 4.78 is 11.7. The minimum absolute atomic E-state index is 0. The van der Waals surface area contributed by atoms with Gasteiger partial charge in [-0.3, -0.25) is 0 Å². The van der Waals surface area contributed by atoms with Crippen LogP contribution in [0.3, 0.4) is 0 Å². The monoisotopic (exact) mass is 700 g/mol. The van der Waals surface area contributed by atoms with Crippen LogP contribution in [-0.4, -0.2) is 4.21 Å². The average molecular weight is 703 g/mol. The molecule has 4 aromatic carbocycles. The van der Waals surface area contributed by atoms with Crippen LogP contribution >= 0.6 is 24.8 Å². The SMILES string of the molecule is Cl.Cl.[CH2]=[Zr]([C]1=CC=CC1)([c]1ccc(C(C)(C)C)cc1)([c]1ccc(C(C)(C)C)cc1)[c]1c(C)ccc2c1Cc1cc(C)ccc1-2. The third-order valence-electron chi connectivity index (χ3n) is 10.2. The van der Waals surface area contributed by atoms with Crippen molar-refractivity contribution in [1.29, 1.82) is 0 Å². The quantitative estimate of drug-likeness (QED) is 0.175. The van der Waals surface area contributed by atoms with Gasteiger partial charge in [0.05, 0.1) is 0 Å². The van der Waals surface area contributed by atoms with E-state index in [0.29, 0.717) is 0 Å². The van der Waals surface area contributed by atoms with Crippen molar-refractivity contribution in [2.75, 3.05) is 0 Å². The molecule has 0 N–H and O–H groups in total. The van der Waals surface area contributed by atoms with E-state index in [-0.39, 0.29) is 35.6 Å². The number of rotatable bonds is 4. The van der Waals surface area contributed by atoms with E-state index in [2.05, 4.69) is 152 Å². The number of benzene rings is 4. The Morgan fingerprint density at radius 2 is 1.18 bits per heavy atom. The molecule has 0 spiro atoms. The van der Waals surface area contributed by atoms with E-state index in [1.165, 1.54) is 54.3 Å². The van der Waals surface area contributed by atoms with Crippen molar-refractivity contribution in [3.63, 3.8) is 0 Å². The molecule has 0 saturated carbocycles. The molecule has 3 heteroatoms. The zero-order valence-electron chi connectivity index (χ0n) is 27.7. The first-order valence-electron chi connectivity index (χ1n) is 15.6. The molecule has 0 bridgehead atoms. The van der Waals surface area contributed by atoms with Gasteiger partial charge in [-0.15, -0.1) is 24.8 Å². The summed E-state index contributed by atoms with van der Waals surface area (Å²) in [6, 6.07) is 31.2. The molecule has 0 radical (unpaired) electrons. The summed E-state index contributed by atoms with van der Waals surface area (Å²) in [6.45, 7) is 18.4. The van der Waals surface area contributed by atoms with Crippen molar-refractivity contribution >= 4 is 38.8 Å². The molecular weight excluding hydrogens is 655 g/mol. The Labute approximate surface area is 279 Å². The van der Waals surface area contributed by atoms with Crippen LogP contribution in [0.4, 0.5) is 0 Å². The minimum atomic E-state index is -4.75. The maximum absolute atomic E-state index is 5.70. The van der Waals surface area contributed by atoms with Gasteiger partial charge >= 0.3 is 256 Å². The number of fused-ring (bicyclic) bond motifs is 3. The normalized spacial score (nSPS) is 14.3. The van der Waals surface area contributed by atoms with E-state index in [1.54, 1.807) is 3.27 Å². The van der Waals surface area contributed by atoms with E-state index in [1.807, 2.05) is 0 Å². The van der Waals surface area contributed by atoms with Crippen LogP contribution in [0.1, 0.15) is 81.3 Å². The summed E-state index contributed by atoms with van der Waals surface area (Å²) in [5, 5.41) is 0. The van der Waals surface area contributed by atoms with E-state index >= 15 is 0 Å². The van der Waals surface area contributed by atoms with Crippen molar-refractivity contribution in [2.45, 2.75) is 79.1 Å². The average Bonchev–Trinajstić information content (AvgIpc) is 3.60.